The molecule has 2 N–H and O–H groups in total. The smallest absolute Gasteiger partial charge is 0.327 e. The number of ether oxygens (including phenoxy) is 1. The molecular formula is C9H9BrN2O4. The van der Waals surface area contributed by atoms with Gasteiger partial charge in [-0.15, -0.1) is 0 Å². The Morgan fingerprint density at radius 3 is 2.75 bits per heavy atom. The summed E-state index contributed by atoms with van der Waals surface area (Å²) in [7, 11) is 1.20. The minimum Gasteiger partial charge on any atom is -0.468 e. The maximum absolute atomic E-state index is 11.1. The van der Waals surface area contributed by atoms with Crippen molar-refractivity contribution in [3.05, 3.63) is 38.3 Å². The summed E-state index contributed by atoms with van der Waals surface area (Å²) in [5.41, 5.74) is 5.75. The van der Waals surface area contributed by atoms with Gasteiger partial charge in [0.2, 0.25) is 0 Å². The van der Waals surface area contributed by atoms with Crippen LogP contribution in [-0.2, 0) is 9.53 Å². The molecule has 0 aliphatic carbocycles. The van der Waals surface area contributed by atoms with Crippen LogP contribution in [0.1, 0.15) is 11.6 Å². The molecule has 0 bridgehead atoms. The van der Waals surface area contributed by atoms with Crippen LogP contribution in [0.2, 0.25) is 0 Å². The molecule has 6 nitrogen and oxygen atoms in total. The first-order valence-electron chi connectivity index (χ1n) is 4.24. The number of carbonyl (C=O) groups excluding carboxylic acids is 1. The van der Waals surface area contributed by atoms with Crippen molar-refractivity contribution in [2.24, 2.45) is 5.73 Å². The van der Waals surface area contributed by atoms with E-state index in [-0.39, 0.29) is 5.69 Å². The molecule has 1 atom stereocenters. The Morgan fingerprint density at radius 2 is 2.25 bits per heavy atom. The molecule has 0 amide bonds. The van der Waals surface area contributed by atoms with Gasteiger partial charge in [-0.05, 0) is 27.6 Å². The van der Waals surface area contributed by atoms with E-state index < -0.39 is 16.9 Å². The van der Waals surface area contributed by atoms with Gasteiger partial charge in [-0.25, -0.2) is 0 Å². The fourth-order valence-electron chi connectivity index (χ4n) is 1.13. The molecule has 0 aliphatic rings. The van der Waals surface area contributed by atoms with Gasteiger partial charge in [0, 0.05) is 6.07 Å². The number of nitro groups is 1. The van der Waals surface area contributed by atoms with Crippen LogP contribution < -0.4 is 5.73 Å². The first kappa shape index (κ1) is 12.6. The van der Waals surface area contributed by atoms with Gasteiger partial charge in [-0.3, -0.25) is 14.9 Å². The minimum absolute atomic E-state index is 0.142. The molecule has 7 heteroatoms. The van der Waals surface area contributed by atoms with E-state index in [1.165, 1.54) is 25.3 Å². The number of hydrogen-bond donors (Lipinski definition) is 1. The Bertz CT molecular complexity index is 436. The third kappa shape index (κ3) is 2.56. The van der Waals surface area contributed by atoms with Gasteiger partial charge >= 0.3 is 5.97 Å². The summed E-state index contributed by atoms with van der Waals surface area (Å²) >= 11 is 3.04. The van der Waals surface area contributed by atoms with Crippen LogP contribution in [0.4, 0.5) is 5.69 Å². The molecule has 1 rings (SSSR count). The van der Waals surface area contributed by atoms with Gasteiger partial charge in [0.1, 0.15) is 6.04 Å². The average Bonchev–Trinajstić information content (AvgIpc) is 2.27. The van der Waals surface area contributed by atoms with Crippen molar-refractivity contribution in [1.82, 2.24) is 0 Å². The molecule has 86 valence electrons. The summed E-state index contributed by atoms with van der Waals surface area (Å²) in [5, 5.41) is 10.7. The molecular weight excluding hydrogens is 280 g/mol. The lowest BCUT2D eigenvalue weighted by Crippen LogP contribution is -2.22. The summed E-state index contributed by atoms with van der Waals surface area (Å²) in [6.07, 6.45) is 0. The number of carbonyl (C=O) groups is 1. The van der Waals surface area contributed by atoms with E-state index in [9.17, 15) is 14.9 Å². The summed E-state index contributed by atoms with van der Waals surface area (Å²) in [6, 6.07) is 3.22. The largest absolute Gasteiger partial charge is 0.468 e. The lowest BCUT2D eigenvalue weighted by Gasteiger charge is -2.09. The molecule has 0 radical (unpaired) electrons. The fraction of sp³-hybridized carbons (Fsp3) is 0.222. The van der Waals surface area contributed by atoms with E-state index in [4.69, 9.17) is 5.73 Å². The zero-order chi connectivity index (χ0) is 12.3. The molecule has 1 aromatic rings. The highest BCUT2D eigenvalue weighted by Gasteiger charge is 2.20. The van der Waals surface area contributed by atoms with Crippen molar-refractivity contribution in [2.45, 2.75) is 6.04 Å². The lowest BCUT2D eigenvalue weighted by atomic mass is 10.1. The normalized spacial score (nSPS) is 11.9. The second-order valence-electron chi connectivity index (χ2n) is 2.97. The van der Waals surface area contributed by atoms with E-state index in [2.05, 4.69) is 20.7 Å². The second-order valence-corrected chi connectivity index (χ2v) is 3.82. The minimum atomic E-state index is -1.02. The van der Waals surface area contributed by atoms with E-state index in [0.29, 0.717) is 10.0 Å². The van der Waals surface area contributed by atoms with E-state index in [1.807, 2.05) is 0 Å². The lowest BCUT2D eigenvalue weighted by molar-refractivity contribution is -0.385. The first-order valence-corrected chi connectivity index (χ1v) is 5.04. The van der Waals surface area contributed by atoms with Crippen LogP contribution in [0, 0.1) is 10.1 Å². The van der Waals surface area contributed by atoms with Crippen molar-refractivity contribution >= 4 is 27.6 Å². The number of nitro benzene ring substituents is 1. The van der Waals surface area contributed by atoms with Crippen molar-refractivity contribution in [2.75, 3.05) is 7.11 Å². The number of methoxy groups -OCH3 is 1. The SMILES string of the molecule is COC(=O)[C@@H](N)c1ccc(Br)c([N+](=O)[O-])c1. The number of halogens is 1. The average molecular weight is 289 g/mol. The van der Waals surface area contributed by atoms with Gasteiger partial charge in [0.05, 0.1) is 16.5 Å². The fourth-order valence-corrected chi connectivity index (χ4v) is 1.52. The zero-order valence-electron chi connectivity index (χ0n) is 8.34. The van der Waals surface area contributed by atoms with Crippen LogP contribution in [0.5, 0.6) is 0 Å². The summed E-state index contributed by atoms with van der Waals surface area (Å²) < 4.78 is 4.78. The Labute approximate surface area is 99.7 Å². The monoisotopic (exact) mass is 288 g/mol. The molecule has 0 unspecified atom stereocenters. The van der Waals surface area contributed by atoms with Crippen LogP contribution >= 0.6 is 15.9 Å². The molecule has 1 aromatic carbocycles. The molecule has 0 fully saturated rings. The third-order valence-electron chi connectivity index (χ3n) is 1.98. The molecule has 0 spiro atoms. The van der Waals surface area contributed by atoms with E-state index in [0.717, 1.165) is 0 Å². The van der Waals surface area contributed by atoms with Crippen molar-refractivity contribution in [3.8, 4) is 0 Å². The highest BCUT2D eigenvalue weighted by molar-refractivity contribution is 9.10. The van der Waals surface area contributed by atoms with Gasteiger partial charge in [-0.1, -0.05) is 6.07 Å². The molecule has 0 aromatic heterocycles. The second kappa shape index (κ2) is 5.04. The Morgan fingerprint density at radius 1 is 1.62 bits per heavy atom. The zero-order valence-corrected chi connectivity index (χ0v) is 9.93. The van der Waals surface area contributed by atoms with Crippen molar-refractivity contribution in [1.29, 1.82) is 0 Å². The topological polar surface area (TPSA) is 95.5 Å². The van der Waals surface area contributed by atoms with Crippen molar-refractivity contribution < 1.29 is 14.5 Å². The number of benzene rings is 1. The predicted octanol–water partition coefficient (Wildman–Crippen LogP) is 1.53. The van der Waals surface area contributed by atoms with Gasteiger partial charge in [0.25, 0.3) is 5.69 Å². The van der Waals surface area contributed by atoms with Gasteiger partial charge in [0.15, 0.2) is 0 Å². The highest BCUT2D eigenvalue weighted by Crippen LogP contribution is 2.27. The summed E-state index contributed by atoms with van der Waals surface area (Å²) in [6.45, 7) is 0. The van der Waals surface area contributed by atoms with Crippen LogP contribution in [0.25, 0.3) is 0 Å². The molecule has 0 heterocycles. The van der Waals surface area contributed by atoms with Crippen LogP contribution in [0.15, 0.2) is 22.7 Å². The number of hydrogen-bond acceptors (Lipinski definition) is 5. The molecule has 16 heavy (non-hydrogen) atoms. The number of esters is 1. The molecule has 0 aliphatic heterocycles. The Balaban J connectivity index is 3.12. The van der Waals surface area contributed by atoms with E-state index in [1.54, 1.807) is 0 Å². The van der Waals surface area contributed by atoms with Crippen LogP contribution in [0.3, 0.4) is 0 Å². The summed E-state index contributed by atoms with van der Waals surface area (Å²) in [5.74, 6) is -0.642. The Hall–Kier alpha value is -1.47. The maximum atomic E-state index is 11.1. The van der Waals surface area contributed by atoms with E-state index >= 15 is 0 Å². The number of rotatable bonds is 3. The third-order valence-corrected chi connectivity index (χ3v) is 2.65. The standard InChI is InChI=1S/C9H9BrN2O4/c1-16-9(13)8(11)5-2-3-6(10)7(4-5)12(14)15/h2-4,8H,11H2,1H3/t8-/m0/s1. The molecule has 0 saturated carbocycles. The summed E-state index contributed by atoms with van der Waals surface area (Å²) in [4.78, 5) is 21.2. The number of nitrogens with two attached hydrogens (primary N) is 1. The highest BCUT2D eigenvalue weighted by atomic mass is 79.9. The number of nitrogens with zero attached hydrogens (tertiary/aromatic N) is 1. The quantitative estimate of drug-likeness (QED) is 0.517. The van der Waals surface area contributed by atoms with Crippen LogP contribution in [-0.4, -0.2) is 18.0 Å². The molecule has 0 saturated heterocycles. The maximum Gasteiger partial charge on any atom is 0.327 e. The first-order chi connectivity index (χ1) is 7.47. The van der Waals surface area contributed by atoms with Gasteiger partial charge < -0.3 is 10.5 Å². The Kier molecular flexibility index (Phi) is 3.97. The van der Waals surface area contributed by atoms with Gasteiger partial charge in [-0.2, -0.15) is 0 Å². The van der Waals surface area contributed by atoms with Crippen molar-refractivity contribution in [3.63, 3.8) is 0 Å². The predicted molar refractivity (Wildman–Crippen MR) is 59.7 cm³/mol.